The summed E-state index contributed by atoms with van der Waals surface area (Å²) in [5.41, 5.74) is 0. The highest BCUT2D eigenvalue weighted by atomic mass is 14.9. The van der Waals surface area contributed by atoms with E-state index in [9.17, 15) is 0 Å². The number of hydrogen-bond acceptors (Lipinski definition) is 1. The van der Waals surface area contributed by atoms with Crippen LogP contribution >= 0.6 is 0 Å². The van der Waals surface area contributed by atoms with Crippen LogP contribution in [0.1, 0.15) is 79.6 Å². The Hall–Kier alpha value is -0.0400. The minimum Gasteiger partial charge on any atom is -0.314 e. The third-order valence-electron chi connectivity index (χ3n) is 2.54. The first-order chi connectivity index (χ1) is 7.35. The van der Waals surface area contributed by atoms with Crippen molar-refractivity contribution < 1.29 is 0 Å². The van der Waals surface area contributed by atoms with Crippen molar-refractivity contribution in [1.82, 2.24) is 5.32 Å². The van der Waals surface area contributed by atoms with Crippen LogP contribution in [-0.4, -0.2) is 12.6 Å². The van der Waals surface area contributed by atoms with E-state index >= 15 is 0 Å². The molecule has 1 heteroatoms. The Morgan fingerprint density at radius 3 is 1.67 bits per heavy atom. The Morgan fingerprint density at radius 1 is 0.867 bits per heavy atom. The SMILES string of the molecule is CC.CCCC.CCCNC1CCCC1. The summed E-state index contributed by atoms with van der Waals surface area (Å²) in [6, 6.07) is 0.866. The molecule has 0 aliphatic heterocycles. The van der Waals surface area contributed by atoms with Crippen molar-refractivity contribution in [3.05, 3.63) is 0 Å². The summed E-state index contributed by atoms with van der Waals surface area (Å²) >= 11 is 0. The molecule has 0 amide bonds. The minimum atomic E-state index is 0.866. The molecule has 0 heterocycles. The molecule has 1 saturated carbocycles. The summed E-state index contributed by atoms with van der Waals surface area (Å²) in [5, 5.41) is 3.53. The first kappa shape index (κ1) is 17.4. The summed E-state index contributed by atoms with van der Waals surface area (Å²) in [4.78, 5) is 0. The van der Waals surface area contributed by atoms with Gasteiger partial charge in [-0.25, -0.2) is 0 Å². The zero-order chi connectivity index (χ0) is 11.9. The quantitative estimate of drug-likeness (QED) is 0.713. The first-order valence-electron chi connectivity index (χ1n) is 7.08. The summed E-state index contributed by atoms with van der Waals surface area (Å²) in [5.74, 6) is 0. The van der Waals surface area contributed by atoms with Gasteiger partial charge in [0, 0.05) is 6.04 Å². The molecule has 0 bridgehead atoms. The highest BCUT2D eigenvalue weighted by Crippen LogP contribution is 2.17. The van der Waals surface area contributed by atoms with Crippen LogP contribution < -0.4 is 5.32 Å². The van der Waals surface area contributed by atoms with Gasteiger partial charge in [-0.3, -0.25) is 0 Å². The Kier molecular flexibility index (Phi) is 19.0. The maximum atomic E-state index is 3.53. The van der Waals surface area contributed by atoms with Crippen LogP contribution in [0.5, 0.6) is 0 Å². The normalized spacial score (nSPS) is 15.0. The number of hydrogen-bond donors (Lipinski definition) is 1. The standard InChI is InChI=1S/C8H17N.C4H10.C2H6/c1-2-7-9-8-5-3-4-6-8;1-3-4-2;1-2/h8-9H,2-7H2,1H3;3-4H2,1-2H3;1-2H3. The van der Waals surface area contributed by atoms with E-state index in [4.69, 9.17) is 0 Å². The molecule has 0 spiro atoms. The van der Waals surface area contributed by atoms with Crippen LogP contribution in [0, 0.1) is 0 Å². The second kappa shape index (κ2) is 16.4. The monoisotopic (exact) mass is 215 g/mol. The van der Waals surface area contributed by atoms with Crippen molar-refractivity contribution in [3.63, 3.8) is 0 Å². The third kappa shape index (κ3) is 14.0. The van der Waals surface area contributed by atoms with Gasteiger partial charge in [0.05, 0.1) is 0 Å². The fraction of sp³-hybridized carbons (Fsp3) is 1.00. The molecule has 0 atom stereocenters. The van der Waals surface area contributed by atoms with Crippen LogP contribution in [0.3, 0.4) is 0 Å². The van der Waals surface area contributed by atoms with Gasteiger partial charge in [0.25, 0.3) is 0 Å². The molecule has 94 valence electrons. The van der Waals surface area contributed by atoms with E-state index in [0.29, 0.717) is 0 Å². The van der Waals surface area contributed by atoms with E-state index < -0.39 is 0 Å². The molecule has 1 aliphatic rings. The lowest BCUT2D eigenvalue weighted by Crippen LogP contribution is -2.26. The number of rotatable bonds is 4. The fourth-order valence-electron chi connectivity index (χ4n) is 1.48. The fourth-order valence-corrected chi connectivity index (χ4v) is 1.48. The maximum absolute atomic E-state index is 3.53. The number of unbranched alkanes of at least 4 members (excludes halogenated alkanes) is 1. The molecule has 0 aromatic rings. The highest BCUT2D eigenvalue weighted by Gasteiger charge is 2.12. The van der Waals surface area contributed by atoms with Gasteiger partial charge in [-0.2, -0.15) is 0 Å². The lowest BCUT2D eigenvalue weighted by Gasteiger charge is -2.09. The summed E-state index contributed by atoms with van der Waals surface area (Å²) < 4.78 is 0. The van der Waals surface area contributed by atoms with Crippen LogP contribution in [0.25, 0.3) is 0 Å². The van der Waals surface area contributed by atoms with Crippen molar-refractivity contribution in [1.29, 1.82) is 0 Å². The van der Waals surface area contributed by atoms with Crippen LogP contribution in [0.2, 0.25) is 0 Å². The lowest BCUT2D eigenvalue weighted by atomic mass is 10.2. The van der Waals surface area contributed by atoms with E-state index in [1.807, 2.05) is 13.8 Å². The second-order valence-corrected chi connectivity index (χ2v) is 3.94. The molecule has 1 aliphatic carbocycles. The summed E-state index contributed by atoms with van der Waals surface area (Å²) in [7, 11) is 0. The molecule has 1 nitrogen and oxygen atoms in total. The molecule has 0 radical (unpaired) electrons. The van der Waals surface area contributed by atoms with Crippen molar-refractivity contribution in [3.8, 4) is 0 Å². The summed E-state index contributed by atoms with van der Waals surface area (Å²) in [6.07, 6.45) is 9.64. The molecule has 1 N–H and O–H groups in total. The molecule has 0 saturated heterocycles. The maximum Gasteiger partial charge on any atom is 0.00670 e. The van der Waals surface area contributed by atoms with E-state index in [-0.39, 0.29) is 0 Å². The molecule has 1 rings (SSSR count). The van der Waals surface area contributed by atoms with Gasteiger partial charge in [0.2, 0.25) is 0 Å². The molecule has 15 heavy (non-hydrogen) atoms. The van der Waals surface area contributed by atoms with Gasteiger partial charge in [-0.1, -0.05) is 60.3 Å². The number of nitrogens with one attached hydrogen (secondary N) is 1. The van der Waals surface area contributed by atoms with Crippen LogP contribution in [0.15, 0.2) is 0 Å². The molecular weight excluding hydrogens is 182 g/mol. The Labute approximate surface area is 98.0 Å². The zero-order valence-electron chi connectivity index (χ0n) is 11.7. The average molecular weight is 215 g/mol. The molecular formula is C14H33N. The van der Waals surface area contributed by atoms with Gasteiger partial charge in [0.15, 0.2) is 0 Å². The first-order valence-corrected chi connectivity index (χ1v) is 7.08. The predicted molar refractivity (Wildman–Crippen MR) is 72.5 cm³/mol. The van der Waals surface area contributed by atoms with E-state index in [2.05, 4.69) is 26.1 Å². The average Bonchev–Trinajstić information content (AvgIpc) is 2.82. The van der Waals surface area contributed by atoms with E-state index in [1.54, 1.807) is 0 Å². The van der Waals surface area contributed by atoms with Crippen molar-refractivity contribution in [2.45, 2.75) is 85.6 Å². The van der Waals surface area contributed by atoms with Gasteiger partial charge < -0.3 is 5.32 Å². The van der Waals surface area contributed by atoms with Crippen LogP contribution in [-0.2, 0) is 0 Å². The van der Waals surface area contributed by atoms with Gasteiger partial charge in [-0.05, 0) is 25.8 Å². The third-order valence-corrected chi connectivity index (χ3v) is 2.54. The Balaban J connectivity index is 0. The van der Waals surface area contributed by atoms with Gasteiger partial charge >= 0.3 is 0 Å². The molecule has 0 unspecified atom stereocenters. The molecule has 1 fully saturated rings. The van der Waals surface area contributed by atoms with E-state index in [0.717, 1.165) is 6.04 Å². The predicted octanol–water partition coefficient (Wildman–Crippen LogP) is 4.76. The van der Waals surface area contributed by atoms with E-state index in [1.165, 1.54) is 51.5 Å². The summed E-state index contributed by atoms with van der Waals surface area (Å²) in [6.45, 7) is 11.8. The van der Waals surface area contributed by atoms with Gasteiger partial charge in [0.1, 0.15) is 0 Å². The lowest BCUT2D eigenvalue weighted by molar-refractivity contribution is 0.523. The largest absolute Gasteiger partial charge is 0.314 e. The Morgan fingerprint density at radius 2 is 1.33 bits per heavy atom. The van der Waals surface area contributed by atoms with Crippen molar-refractivity contribution >= 4 is 0 Å². The minimum absolute atomic E-state index is 0.866. The molecule has 0 aromatic carbocycles. The van der Waals surface area contributed by atoms with Gasteiger partial charge in [-0.15, -0.1) is 0 Å². The van der Waals surface area contributed by atoms with Crippen molar-refractivity contribution in [2.24, 2.45) is 0 Å². The Bertz CT molecular complexity index is 83.3. The second-order valence-electron chi connectivity index (χ2n) is 3.94. The smallest absolute Gasteiger partial charge is 0.00670 e. The van der Waals surface area contributed by atoms with Crippen molar-refractivity contribution in [2.75, 3.05) is 6.54 Å². The zero-order valence-corrected chi connectivity index (χ0v) is 11.7. The molecule has 0 aromatic heterocycles. The van der Waals surface area contributed by atoms with Crippen LogP contribution in [0.4, 0.5) is 0 Å². The topological polar surface area (TPSA) is 12.0 Å². The highest BCUT2D eigenvalue weighted by molar-refractivity contribution is 4.72.